The van der Waals surface area contributed by atoms with Gasteiger partial charge in [0.1, 0.15) is 0 Å². The van der Waals surface area contributed by atoms with Crippen molar-refractivity contribution in [2.45, 2.75) is 32.5 Å². The zero-order valence-electron chi connectivity index (χ0n) is 15.4. The third-order valence-corrected chi connectivity index (χ3v) is 6.25. The van der Waals surface area contributed by atoms with Gasteiger partial charge in [-0.3, -0.25) is 9.58 Å². The normalized spacial score (nSPS) is 15.8. The van der Waals surface area contributed by atoms with E-state index < -0.39 is 0 Å². The van der Waals surface area contributed by atoms with Gasteiger partial charge in [0.2, 0.25) is 0 Å². The van der Waals surface area contributed by atoms with E-state index in [-0.39, 0.29) is 0 Å². The Balaban J connectivity index is 1.49. The van der Waals surface area contributed by atoms with Crippen LogP contribution in [0.2, 0.25) is 0 Å². The second-order valence-corrected chi connectivity index (χ2v) is 7.89. The van der Waals surface area contributed by atoms with E-state index >= 15 is 0 Å². The number of thiophene rings is 1. The molecule has 1 aliphatic rings. The van der Waals surface area contributed by atoms with Gasteiger partial charge in [0, 0.05) is 44.1 Å². The van der Waals surface area contributed by atoms with Crippen LogP contribution in [0.25, 0.3) is 0 Å². The van der Waals surface area contributed by atoms with E-state index in [1.165, 1.54) is 11.1 Å². The predicted octanol–water partition coefficient (Wildman–Crippen LogP) is 3.07. The minimum absolute atomic E-state index is 0.366. The average molecular weight is 368 g/mol. The van der Waals surface area contributed by atoms with Gasteiger partial charge in [0.15, 0.2) is 0 Å². The lowest BCUT2D eigenvalue weighted by Crippen LogP contribution is -2.38. The van der Waals surface area contributed by atoms with Crippen LogP contribution in [0.15, 0.2) is 41.8 Å². The maximum Gasteiger partial charge on any atom is 0.0841 e. The fourth-order valence-electron chi connectivity index (χ4n) is 3.72. The second-order valence-electron chi connectivity index (χ2n) is 6.89. The highest BCUT2D eigenvalue weighted by Crippen LogP contribution is 2.30. The van der Waals surface area contributed by atoms with Crippen LogP contribution in [0, 0.1) is 6.92 Å². The van der Waals surface area contributed by atoms with Gasteiger partial charge in [-0.05, 0) is 35.9 Å². The molecule has 136 valence electrons. The summed E-state index contributed by atoms with van der Waals surface area (Å²) in [6.45, 7) is 5.86. The zero-order valence-corrected chi connectivity index (χ0v) is 16.2. The van der Waals surface area contributed by atoms with Crippen molar-refractivity contribution >= 4 is 11.3 Å². The number of hydrogen-bond donors (Lipinski definition) is 1. The molecule has 2 aromatic heterocycles. The summed E-state index contributed by atoms with van der Waals surface area (Å²) in [6, 6.07) is 13.5. The molecule has 1 unspecified atom stereocenters. The number of aryl methyl sites for hydroxylation is 2. The van der Waals surface area contributed by atoms with Crippen molar-refractivity contribution in [3.8, 4) is 0 Å². The molecule has 0 fully saturated rings. The smallest absolute Gasteiger partial charge is 0.0841 e. The number of nitrogens with zero attached hydrogens (tertiary/aromatic N) is 4. The van der Waals surface area contributed by atoms with Gasteiger partial charge >= 0.3 is 0 Å². The SMILES string of the molecule is Cc1nnn(C)c1CNCC(c1ccccc1)N1CCc2sccc2C1. The first kappa shape index (κ1) is 17.4. The second kappa shape index (κ2) is 7.70. The largest absolute Gasteiger partial charge is 0.309 e. The van der Waals surface area contributed by atoms with Crippen molar-refractivity contribution in [3.63, 3.8) is 0 Å². The van der Waals surface area contributed by atoms with Crippen LogP contribution in [-0.4, -0.2) is 33.0 Å². The van der Waals surface area contributed by atoms with Gasteiger partial charge in [-0.1, -0.05) is 35.5 Å². The van der Waals surface area contributed by atoms with Crippen LogP contribution in [0.5, 0.6) is 0 Å². The molecule has 0 saturated heterocycles. The van der Waals surface area contributed by atoms with Gasteiger partial charge in [-0.15, -0.1) is 16.4 Å². The Labute approximate surface area is 158 Å². The molecule has 0 radical (unpaired) electrons. The summed E-state index contributed by atoms with van der Waals surface area (Å²) in [5.41, 5.74) is 5.01. The van der Waals surface area contributed by atoms with Crippen molar-refractivity contribution in [2.24, 2.45) is 7.05 Å². The Morgan fingerprint density at radius 3 is 2.85 bits per heavy atom. The molecule has 3 heterocycles. The highest BCUT2D eigenvalue weighted by atomic mass is 32.1. The molecule has 0 saturated carbocycles. The van der Waals surface area contributed by atoms with Gasteiger partial charge in [0.25, 0.3) is 0 Å². The molecule has 1 N–H and O–H groups in total. The van der Waals surface area contributed by atoms with E-state index in [0.29, 0.717) is 6.04 Å². The van der Waals surface area contributed by atoms with E-state index in [1.807, 2.05) is 30.0 Å². The maximum atomic E-state index is 4.14. The summed E-state index contributed by atoms with van der Waals surface area (Å²) in [6.07, 6.45) is 1.15. The Bertz CT molecular complexity index is 835. The molecule has 4 rings (SSSR count). The van der Waals surface area contributed by atoms with Crippen LogP contribution in [0.1, 0.15) is 33.4 Å². The topological polar surface area (TPSA) is 46.0 Å². The first-order valence-corrected chi connectivity index (χ1v) is 10.0. The van der Waals surface area contributed by atoms with Crippen molar-refractivity contribution in [2.75, 3.05) is 13.1 Å². The molecule has 1 aromatic carbocycles. The molecule has 6 heteroatoms. The minimum atomic E-state index is 0.366. The standard InChI is InChI=1S/C20H25N5S/c1-15-18(24(2)23-22-15)12-21-13-19(16-6-4-3-5-7-16)25-10-8-20-17(14-25)9-11-26-20/h3-7,9,11,19,21H,8,10,12-14H2,1-2H3. The lowest BCUT2D eigenvalue weighted by atomic mass is 10.0. The summed E-state index contributed by atoms with van der Waals surface area (Å²) in [5.74, 6) is 0. The number of aromatic nitrogens is 3. The maximum absolute atomic E-state index is 4.14. The lowest BCUT2D eigenvalue weighted by Gasteiger charge is -2.35. The fraction of sp³-hybridized carbons (Fsp3) is 0.400. The molecule has 0 amide bonds. The lowest BCUT2D eigenvalue weighted by molar-refractivity contribution is 0.176. The van der Waals surface area contributed by atoms with Crippen LogP contribution >= 0.6 is 11.3 Å². The third kappa shape index (κ3) is 3.58. The van der Waals surface area contributed by atoms with E-state index in [4.69, 9.17) is 0 Å². The van der Waals surface area contributed by atoms with Gasteiger partial charge in [-0.25, -0.2) is 0 Å². The van der Waals surface area contributed by atoms with Crippen LogP contribution < -0.4 is 5.32 Å². The van der Waals surface area contributed by atoms with Crippen LogP contribution in [0.3, 0.4) is 0 Å². The highest BCUT2D eigenvalue weighted by Gasteiger charge is 2.25. The molecule has 0 spiro atoms. The molecular formula is C20H25N5S. The molecular weight excluding hydrogens is 342 g/mol. The Hall–Kier alpha value is -2.02. The molecule has 1 atom stereocenters. The number of nitrogens with one attached hydrogen (secondary N) is 1. The minimum Gasteiger partial charge on any atom is -0.309 e. The number of benzene rings is 1. The van der Waals surface area contributed by atoms with Crippen molar-refractivity contribution in [1.82, 2.24) is 25.2 Å². The molecule has 26 heavy (non-hydrogen) atoms. The summed E-state index contributed by atoms with van der Waals surface area (Å²) >= 11 is 1.90. The predicted molar refractivity (Wildman–Crippen MR) is 105 cm³/mol. The van der Waals surface area contributed by atoms with Gasteiger partial charge in [0.05, 0.1) is 11.4 Å². The Morgan fingerprint density at radius 2 is 2.08 bits per heavy atom. The van der Waals surface area contributed by atoms with E-state index in [0.717, 1.165) is 44.0 Å². The number of hydrogen-bond acceptors (Lipinski definition) is 5. The molecule has 1 aliphatic heterocycles. The third-order valence-electron chi connectivity index (χ3n) is 5.23. The van der Waals surface area contributed by atoms with E-state index in [9.17, 15) is 0 Å². The Morgan fingerprint density at radius 1 is 1.23 bits per heavy atom. The monoisotopic (exact) mass is 367 g/mol. The molecule has 0 aliphatic carbocycles. The van der Waals surface area contributed by atoms with E-state index in [1.54, 1.807) is 4.88 Å². The quantitative estimate of drug-likeness (QED) is 0.727. The van der Waals surface area contributed by atoms with Crippen LogP contribution in [0.4, 0.5) is 0 Å². The highest BCUT2D eigenvalue weighted by molar-refractivity contribution is 7.10. The summed E-state index contributed by atoms with van der Waals surface area (Å²) in [5, 5.41) is 14.1. The summed E-state index contributed by atoms with van der Waals surface area (Å²) in [7, 11) is 1.95. The van der Waals surface area contributed by atoms with Gasteiger partial charge in [-0.2, -0.15) is 0 Å². The Kier molecular flexibility index (Phi) is 5.15. The van der Waals surface area contributed by atoms with Crippen molar-refractivity contribution < 1.29 is 0 Å². The zero-order chi connectivity index (χ0) is 17.9. The summed E-state index contributed by atoms with van der Waals surface area (Å²) in [4.78, 5) is 4.16. The average Bonchev–Trinajstić information content (AvgIpc) is 3.26. The first-order chi connectivity index (χ1) is 12.7. The summed E-state index contributed by atoms with van der Waals surface area (Å²) < 4.78 is 1.86. The number of rotatable bonds is 6. The fourth-order valence-corrected chi connectivity index (χ4v) is 4.61. The first-order valence-electron chi connectivity index (χ1n) is 9.12. The van der Waals surface area contributed by atoms with Crippen molar-refractivity contribution in [3.05, 3.63) is 69.2 Å². The van der Waals surface area contributed by atoms with Crippen molar-refractivity contribution in [1.29, 1.82) is 0 Å². The van der Waals surface area contributed by atoms with E-state index in [2.05, 4.69) is 62.3 Å². The number of fused-ring (bicyclic) bond motifs is 1. The van der Waals surface area contributed by atoms with Crippen LogP contribution in [-0.2, 0) is 26.6 Å². The van der Waals surface area contributed by atoms with Gasteiger partial charge < -0.3 is 5.32 Å². The molecule has 3 aromatic rings. The molecule has 5 nitrogen and oxygen atoms in total. The molecule has 0 bridgehead atoms.